The molecule has 2 aromatic heterocycles. The third-order valence-electron chi connectivity index (χ3n) is 4.58. The first kappa shape index (κ1) is 30.4. The van der Waals surface area contributed by atoms with Crippen molar-refractivity contribution < 1.29 is 69.5 Å². The Morgan fingerprint density at radius 1 is 1.00 bits per heavy atom. The van der Waals surface area contributed by atoms with Crippen molar-refractivity contribution in [3.63, 3.8) is 0 Å². The summed E-state index contributed by atoms with van der Waals surface area (Å²) in [6.07, 6.45) is -2.76. The lowest BCUT2D eigenvalue weighted by atomic mass is 10.1. The lowest BCUT2D eigenvalue weighted by molar-refractivity contribution is -0.0577. The van der Waals surface area contributed by atoms with Crippen LogP contribution in [0.5, 0.6) is 0 Å². The highest BCUT2D eigenvalue weighted by Crippen LogP contribution is 2.67. The fourth-order valence-corrected chi connectivity index (χ4v) is 7.20. The third-order valence-corrected chi connectivity index (χ3v) is 9.45. The van der Waals surface area contributed by atoms with Crippen molar-refractivity contribution in [3.05, 3.63) is 12.7 Å². The molecule has 0 spiro atoms. The number of ether oxygens (including phenoxy) is 2. The van der Waals surface area contributed by atoms with Gasteiger partial charge in [-0.1, -0.05) is 0 Å². The Hall–Kier alpha value is -1.17. The molecule has 1 aliphatic heterocycles. The van der Waals surface area contributed by atoms with Crippen LogP contribution in [0.25, 0.3) is 11.2 Å². The fraction of sp³-hybridized carbons (Fsp3) is 0.615. The number of nitrogens with two attached hydrogens (primary N) is 1. The van der Waals surface area contributed by atoms with Crippen LogP contribution in [0.2, 0.25) is 0 Å². The van der Waals surface area contributed by atoms with E-state index in [1.165, 1.54) is 18.0 Å². The lowest BCUT2D eigenvalue weighted by Gasteiger charge is -2.24. The molecule has 1 saturated heterocycles. The van der Waals surface area contributed by atoms with Gasteiger partial charge in [0.2, 0.25) is 0 Å². The van der Waals surface area contributed by atoms with Crippen molar-refractivity contribution in [2.75, 3.05) is 33.2 Å². The average Bonchev–Trinajstić information content (AvgIpc) is 3.31. The predicted octanol–water partition coefficient (Wildman–Crippen LogP) is 0.519. The number of fused-ring (bicyclic) bond motifs is 1. The zero-order chi connectivity index (χ0) is 27.8. The highest BCUT2D eigenvalue weighted by Gasteiger charge is 2.51. The van der Waals surface area contributed by atoms with Crippen LogP contribution in [0.15, 0.2) is 12.7 Å². The minimum absolute atomic E-state index is 0.0479. The van der Waals surface area contributed by atoms with E-state index in [2.05, 4.69) is 32.6 Å². The number of hydrogen-bond acceptors (Lipinski definition) is 15. The van der Waals surface area contributed by atoms with E-state index in [4.69, 9.17) is 24.6 Å². The highest BCUT2D eigenvalue weighted by molar-refractivity contribution is 7.66. The van der Waals surface area contributed by atoms with Crippen LogP contribution >= 0.6 is 31.1 Å². The molecular weight excluding hydrogens is 590 g/mol. The SMILES string of the molecule is CO[C@@H]1[C@H](OP(C)(=O)O)[C@@H](COP(=O)(O)OP(=O)(O)OP(=O)(O)OC)O[C@H]1n1cnc2c(N)ncnc21. The molecule has 37 heavy (non-hydrogen) atoms. The summed E-state index contributed by atoms with van der Waals surface area (Å²) in [6, 6.07) is 0. The molecule has 0 aliphatic carbocycles. The van der Waals surface area contributed by atoms with Crippen LogP contribution in [-0.2, 0) is 49.9 Å². The zero-order valence-corrected chi connectivity index (χ0v) is 22.7. The summed E-state index contributed by atoms with van der Waals surface area (Å²) >= 11 is 0. The minimum Gasteiger partial charge on any atom is -0.382 e. The van der Waals surface area contributed by atoms with Crippen molar-refractivity contribution in [1.29, 1.82) is 0 Å². The molecule has 1 fully saturated rings. The predicted molar refractivity (Wildman–Crippen MR) is 120 cm³/mol. The van der Waals surface area contributed by atoms with Crippen molar-refractivity contribution in [3.8, 4) is 0 Å². The fourth-order valence-electron chi connectivity index (χ4n) is 3.23. The van der Waals surface area contributed by atoms with Gasteiger partial charge in [0.05, 0.1) is 12.9 Å². The van der Waals surface area contributed by atoms with Gasteiger partial charge in [-0.3, -0.25) is 22.7 Å². The number of rotatable bonds is 12. The molecule has 0 aromatic carbocycles. The van der Waals surface area contributed by atoms with Gasteiger partial charge in [0.15, 0.2) is 17.7 Å². The van der Waals surface area contributed by atoms with Gasteiger partial charge in [0.1, 0.15) is 30.2 Å². The number of methoxy groups -OCH3 is 1. The summed E-state index contributed by atoms with van der Waals surface area (Å²) in [5, 5.41) is 0. The molecule has 0 saturated carbocycles. The Bertz CT molecular complexity index is 1320. The second kappa shape index (κ2) is 11.1. The van der Waals surface area contributed by atoms with E-state index in [1.807, 2.05) is 0 Å². The molecule has 8 atom stereocenters. The lowest BCUT2D eigenvalue weighted by Crippen LogP contribution is -2.37. The molecule has 1 aliphatic rings. The van der Waals surface area contributed by atoms with Crippen LogP contribution in [0.3, 0.4) is 0 Å². The molecule has 3 rings (SSSR count). The van der Waals surface area contributed by atoms with Crippen molar-refractivity contribution in [2.45, 2.75) is 24.5 Å². The normalized spacial score (nSPS) is 28.8. The number of phosphoric acid groups is 3. The molecule has 20 nitrogen and oxygen atoms in total. The van der Waals surface area contributed by atoms with Crippen molar-refractivity contribution in [2.24, 2.45) is 0 Å². The number of nitrogen functional groups attached to an aromatic ring is 1. The van der Waals surface area contributed by atoms with Crippen LogP contribution in [0.1, 0.15) is 6.23 Å². The summed E-state index contributed by atoms with van der Waals surface area (Å²) < 4.78 is 81.5. The van der Waals surface area contributed by atoms with Gasteiger partial charge < -0.3 is 34.8 Å². The summed E-state index contributed by atoms with van der Waals surface area (Å²) in [4.78, 5) is 50.2. The van der Waals surface area contributed by atoms with E-state index in [1.54, 1.807) is 0 Å². The van der Waals surface area contributed by atoms with Gasteiger partial charge in [0.25, 0.3) is 0 Å². The second-order valence-electron chi connectivity index (χ2n) is 7.27. The van der Waals surface area contributed by atoms with Gasteiger partial charge in [0, 0.05) is 20.9 Å². The number of nitrogens with zero attached hydrogens (tertiary/aromatic N) is 4. The molecule has 0 radical (unpaired) electrons. The Kier molecular flexibility index (Phi) is 9.14. The summed E-state index contributed by atoms with van der Waals surface area (Å²) in [5.41, 5.74) is 6.17. The van der Waals surface area contributed by atoms with Gasteiger partial charge in [-0.25, -0.2) is 28.6 Å². The van der Waals surface area contributed by atoms with Crippen LogP contribution < -0.4 is 5.73 Å². The second-order valence-corrected chi connectivity index (χ2v) is 13.8. The van der Waals surface area contributed by atoms with Gasteiger partial charge >= 0.3 is 31.1 Å². The highest BCUT2D eigenvalue weighted by atomic mass is 31.3. The zero-order valence-electron chi connectivity index (χ0n) is 19.1. The molecule has 24 heteroatoms. The number of imidazole rings is 1. The van der Waals surface area contributed by atoms with E-state index >= 15 is 0 Å². The molecule has 0 amide bonds. The van der Waals surface area contributed by atoms with Gasteiger partial charge in [-0.15, -0.1) is 0 Å². The number of phosphoric ester groups is 2. The Labute approximate surface area is 208 Å². The summed E-state index contributed by atoms with van der Waals surface area (Å²) in [6.45, 7) is -0.0759. The molecule has 4 unspecified atom stereocenters. The molecule has 3 heterocycles. The topological polar surface area (TPSA) is 283 Å². The first-order valence-electron chi connectivity index (χ1n) is 9.69. The van der Waals surface area contributed by atoms with E-state index < -0.39 is 62.2 Å². The standard InChI is InChI=1S/C13H23N5O15P4/c1-27-10-9(31-34(3,19)20)7(4-29-36(23,24)33-37(25,26)32-35(21,22)28-2)30-13(10)18-6-17-8-11(14)15-5-16-12(8)18/h5-7,9-10,13H,4H2,1-3H3,(H,19,20)(H,21,22)(H,23,24)(H,25,26)(H2,14,15,16)/t7-,9-,10-,13-/m1/s1. The van der Waals surface area contributed by atoms with Crippen LogP contribution in [0, 0.1) is 0 Å². The molecule has 6 N–H and O–H groups in total. The maximum absolute atomic E-state index is 12.2. The van der Waals surface area contributed by atoms with E-state index in [0.29, 0.717) is 7.11 Å². The van der Waals surface area contributed by atoms with E-state index in [9.17, 15) is 32.9 Å². The third kappa shape index (κ3) is 7.70. The molecule has 2 aromatic rings. The van der Waals surface area contributed by atoms with Crippen LogP contribution in [0.4, 0.5) is 5.82 Å². The monoisotopic (exact) mass is 613 g/mol. The van der Waals surface area contributed by atoms with Crippen LogP contribution in [-0.4, -0.2) is 84.9 Å². The Morgan fingerprint density at radius 2 is 1.65 bits per heavy atom. The van der Waals surface area contributed by atoms with Gasteiger partial charge in [-0.2, -0.15) is 8.62 Å². The number of aromatic nitrogens is 4. The molecule has 0 bridgehead atoms. The maximum Gasteiger partial charge on any atom is 0.490 e. The summed E-state index contributed by atoms with van der Waals surface area (Å²) in [5.74, 6) is 0.0479. The quantitative estimate of drug-likeness (QED) is 0.204. The van der Waals surface area contributed by atoms with Crippen molar-refractivity contribution >= 4 is 48.0 Å². The minimum atomic E-state index is -5.66. The average molecular weight is 613 g/mol. The maximum atomic E-state index is 12.2. The first-order chi connectivity index (χ1) is 17.0. The number of anilines is 1. The molecule has 210 valence electrons. The van der Waals surface area contributed by atoms with Gasteiger partial charge in [-0.05, 0) is 0 Å². The largest absolute Gasteiger partial charge is 0.490 e. The molecular formula is C13H23N5O15P4. The Balaban J connectivity index is 1.85. The van der Waals surface area contributed by atoms with Crippen molar-refractivity contribution in [1.82, 2.24) is 19.5 Å². The van der Waals surface area contributed by atoms with E-state index in [-0.39, 0.29) is 17.0 Å². The summed E-state index contributed by atoms with van der Waals surface area (Å²) in [7, 11) is -18.6. The number of hydrogen-bond donors (Lipinski definition) is 5. The Morgan fingerprint density at radius 3 is 2.24 bits per heavy atom. The smallest absolute Gasteiger partial charge is 0.382 e. The first-order valence-corrected chi connectivity index (χ1v) is 16.2. The van der Waals surface area contributed by atoms with E-state index in [0.717, 1.165) is 13.0 Å².